The summed E-state index contributed by atoms with van der Waals surface area (Å²) in [7, 11) is 0. The highest BCUT2D eigenvalue weighted by molar-refractivity contribution is 7.14. The number of amides is 1. The highest BCUT2D eigenvalue weighted by Crippen LogP contribution is 2.26. The number of hydrogen-bond acceptors (Lipinski definition) is 6. The first-order valence-corrected chi connectivity index (χ1v) is 9.45. The van der Waals surface area contributed by atoms with E-state index in [9.17, 15) is 9.59 Å². The van der Waals surface area contributed by atoms with E-state index in [1.165, 1.54) is 11.3 Å². The number of carbonyl (C=O) groups is 2. The van der Waals surface area contributed by atoms with Gasteiger partial charge in [-0.05, 0) is 31.2 Å². The second kappa shape index (κ2) is 7.23. The van der Waals surface area contributed by atoms with E-state index in [0.29, 0.717) is 0 Å². The number of nitrogens with zero attached hydrogens (tertiary/aromatic N) is 1. The lowest BCUT2D eigenvalue weighted by atomic mass is 10.2. The molecule has 1 N–H and O–H groups in total. The minimum Gasteiger partial charge on any atom is -0.448 e. The number of rotatable bonds is 5. The Bertz CT molecular complexity index is 675. The first-order chi connectivity index (χ1) is 11.1. The van der Waals surface area contributed by atoms with Crippen molar-refractivity contribution < 1.29 is 14.3 Å². The van der Waals surface area contributed by atoms with E-state index in [4.69, 9.17) is 4.74 Å². The molecule has 1 atom stereocenters. The molecule has 1 fully saturated rings. The fraction of sp³-hybridized carbons (Fsp3) is 0.438. The van der Waals surface area contributed by atoms with Crippen LogP contribution in [0.5, 0.6) is 0 Å². The van der Waals surface area contributed by atoms with Crippen molar-refractivity contribution >= 4 is 34.6 Å². The molecule has 0 aliphatic heterocycles. The summed E-state index contributed by atoms with van der Waals surface area (Å²) in [6.07, 6.45) is 3.48. The van der Waals surface area contributed by atoms with Crippen LogP contribution in [0.2, 0.25) is 0 Å². The minimum absolute atomic E-state index is 0.216. The van der Waals surface area contributed by atoms with Crippen LogP contribution in [0.1, 0.15) is 43.1 Å². The third-order valence-electron chi connectivity index (χ3n) is 3.84. The Morgan fingerprint density at radius 3 is 2.83 bits per heavy atom. The van der Waals surface area contributed by atoms with Gasteiger partial charge in [0.1, 0.15) is 5.01 Å². The first kappa shape index (κ1) is 16.1. The maximum atomic E-state index is 12.1. The summed E-state index contributed by atoms with van der Waals surface area (Å²) < 4.78 is 5.23. The Morgan fingerprint density at radius 1 is 1.35 bits per heavy atom. The van der Waals surface area contributed by atoms with E-state index in [1.807, 2.05) is 16.8 Å². The largest absolute Gasteiger partial charge is 0.448 e. The highest BCUT2D eigenvalue weighted by Gasteiger charge is 2.24. The topological polar surface area (TPSA) is 68.3 Å². The van der Waals surface area contributed by atoms with Crippen LogP contribution >= 0.6 is 22.7 Å². The van der Waals surface area contributed by atoms with E-state index < -0.39 is 12.1 Å². The lowest BCUT2D eigenvalue weighted by molar-refractivity contribution is -0.129. The summed E-state index contributed by atoms with van der Waals surface area (Å²) in [6, 6.07) is 2.17. The van der Waals surface area contributed by atoms with E-state index in [1.54, 1.807) is 23.6 Å². The fourth-order valence-electron chi connectivity index (χ4n) is 2.55. The summed E-state index contributed by atoms with van der Waals surface area (Å²) in [4.78, 5) is 28.5. The Morgan fingerprint density at radius 2 is 2.13 bits per heavy atom. The van der Waals surface area contributed by atoms with E-state index in [0.717, 1.165) is 36.3 Å². The second-order valence-electron chi connectivity index (χ2n) is 5.59. The molecule has 0 radical (unpaired) electrons. The van der Waals surface area contributed by atoms with Crippen LogP contribution in [-0.4, -0.2) is 29.0 Å². The molecule has 1 amide bonds. The third-order valence-corrected chi connectivity index (χ3v) is 5.41. The van der Waals surface area contributed by atoms with Crippen molar-refractivity contribution in [3.63, 3.8) is 0 Å². The van der Waals surface area contributed by atoms with Crippen LogP contribution < -0.4 is 5.32 Å². The minimum atomic E-state index is -0.811. The van der Waals surface area contributed by atoms with Crippen molar-refractivity contribution in [3.8, 4) is 10.6 Å². The third kappa shape index (κ3) is 3.97. The zero-order valence-electron chi connectivity index (χ0n) is 12.8. The molecule has 0 saturated heterocycles. The summed E-state index contributed by atoms with van der Waals surface area (Å²) in [5.74, 6) is -0.796. The smallest absolute Gasteiger partial charge is 0.358 e. The maximum Gasteiger partial charge on any atom is 0.358 e. The van der Waals surface area contributed by atoms with Gasteiger partial charge in [0, 0.05) is 22.4 Å². The van der Waals surface area contributed by atoms with Gasteiger partial charge in [-0.25, -0.2) is 9.78 Å². The van der Waals surface area contributed by atoms with Gasteiger partial charge in [0.15, 0.2) is 11.8 Å². The molecule has 23 heavy (non-hydrogen) atoms. The number of hydrogen-bond donors (Lipinski definition) is 1. The summed E-state index contributed by atoms with van der Waals surface area (Å²) in [5, 5.41) is 9.31. The molecule has 3 rings (SSSR count). The van der Waals surface area contributed by atoms with E-state index >= 15 is 0 Å². The van der Waals surface area contributed by atoms with Crippen molar-refractivity contribution in [2.45, 2.75) is 44.8 Å². The molecule has 0 aromatic carbocycles. The molecular weight excluding hydrogens is 332 g/mol. The zero-order valence-corrected chi connectivity index (χ0v) is 14.4. The number of esters is 1. The molecule has 0 spiro atoms. The van der Waals surface area contributed by atoms with Gasteiger partial charge >= 0.3 is 5.97 Å². The van der Waals surface area contributed by atoms with Crippen molar-refractivity contribution in [1.29, 1.82) is 0 Å². The normalized spacial score (nSPS) is 16.2. The number of carbonyl (C=O) groups excluding carboxylic acids is 2. The van der Waals surface area contributed by atoms with Gasteiger partial charge in [0.25, 0.3) is 5.91 Å². The van der Waals surface area contributed by atoms with Crippen LogP contribution in [0.25, 0.3) is 10.6 Å². The molecule has 1 aliphatic carbocycles. The van der Waals surface area contributed by atoms with Gasteiger partial charge in [0.05, 0.1) is 0 Å². The predicted octanol–water partition coefficient (Wildman–Crippen LogP) is 3.48. The highest BCUT2D eigenvalue weighted by atomic mass is 32.1. The van der Waals surface area contributed by atoms with E-state index in [2.05, 4.69) is 10.3 Å². The molecule has 122 valence electrons. The van der Waals surface area contributed by atoms with Crippen molar-refractivity contribution in [2.75, 3.05) is 0 Å². The summed E-state index contributed by atoms with van der Waals surface area (Å²) in [6.45, 7) is 1.59. The molecule has 2 aromatic rings. The second-order valence-corrected chi connectivity index (χ2v) is 7.23. The number of thiazole rings is 1. The molecule has 0 bridgehead atoms. The summed E-state index contributed by atoms with van der Waals surface area (Å²) in [5.41, 5.74) is 1.24. The number of nitrogens with one attached hydrogen (secondary N) is 1. The Labute approximate surface area is 142 Å². The van der Waals surface area contributed by atoms with Crippen molar-refractivity contribution in [1.82, 2.24) is 10.3 Å². The molecule has 1 unspecified atom stereocenters. The summed E-state index contributed by atoms with van der Waals surface area (Å²) >= 11 is 2.97. The first-order valence-electron chi connectivity index (χ1n) is 7.63. The quantitative estimate of drug-likeness (QED) is 0.838. The van der Waals surface area contributed by atoms with Crippen LogP contribution in [0.3, 0.4) is 0 Å². The number of aromatic nitrogens is 1. The van der Waals surface area contributed by atoms with E-state index in [-0.39, 0.29) is 17.6 Å². The van der Waals surface area contributed by atoms with Gasteiger partial charge < -0.3 is 10.1 Å². The molecule has 2 aromatic heterocycles. The van der Waals surface area contributed by atoms with Crippen LogP contribution in [0, 0.1) is 0 Å². The van der Waals surface area contributed by atoms with Crippen molar-refractivity contribution in [3.05, 3.63) is 27.9 Å². The number of thiophene rings is 1. The monoisotopic (exact) mass is 350 g/mol. The van der Waals surface area contributed by atoms with Crippen LogP contribution in [0.15, 0.2) is 22.2 Å². The average molecular weight is 350 g/mol. The molecule has 1 saturated carbocycles. The lowest BCUT2D eigenvalue weighted by Crippen LogP contribution is -2.40. The van der Waals surface area contributed by atoms with Crippen LogP contribution in [-0.2, 0) is 9.53 Å². The molecule has 1 aliphatic rings. The Hall–Kier alpha value is -1.73. The molecule has 5 nitrogen and oxygen atoms in total. The standard InChI is InChI=1S/C16H18N2O3S2/c1-10(14(19)17-12-4-2-3-5-12)21-16(20)13-9-23-15(18-13)11-6-7-22-8-11/h6-10,12H,2-5H2,1H3,(H,17,19). The van der Waals surface area contributed by atoms with Gasteiger partial charge in [-0.15, -0.1) is 11.3 Å². The average Bonchev–Trinajstić information content (AvgIpc) is 3.28. The zero-order chi connectivity index (χ0) is 16.2. The SMILES string of the molecule is CC(OC(=O)c1csc(-c2ccsc2)n1)C(=O)NC1CCCC1. The predicted molar refractivity (Wildman–Crippen MR) is 90.7 cm³/mol. The van der Waals surface area contributed by atoms with Gasteiger partial charge in [-0.2, -0.15) is 11.3 Å². The maximum absolute atomic E-state index is 12.1. The molecular formula is C16H18N2O3S2. The van der Waals surface area contributed by atoms with Gasteiger partial charge in [-0.1, -0.05) is 12.8 Å². The molecule has 7 heteroatoms. The van der Waals surface area contributed by atoms with Gasteiger partial charge in [0.2, 0.25) is 0 Å². The van der Waals surface area contributed by atoms with Crippen LogP contribution in [0.4, 0.5) is 0 Å². The fourth-order valence-corrected chi connectivity index (χ4v) is 4.05. The Kier molecular flexibility index (Phi) is 5.07. The number of ether oxygens (including phenoxy) is 1. The Balaban J connectivity index is 1.56. The van der Waals surface area contributed by atoms with Crippen molar-refractivity contribution in [2.24, 2.45) is 0 Å². The lowest BCUT2D eigenvalue weighted by Gasteiger charge is -2.16. The van der Waals surface area contributed by atoms with Gasteiger partial charge in [-0.3, -0.25) is 4.79 Å². The molecule has 2 heterocycles.